The minimum Gasteiger partial charge on any atom is -0.310 e. The van der Waals surface area contributed by atoms with E-state index in [1.54, 1.807) is 0 Å². The number of hydrogen-bond acceptors (Lipinski definition) is 3. The molecule has 1 saturated carbocycles. The summed E-state index contributed by atoms with van der Waals surface area (Å²) in [7, 11) is -2.86. The van der Waals surface area contributed by atoms with E-state index in [1.165, 1.54) is 31.9 Å². The molecule has 0 radical (unpaired) electrons. The van der Waals surface area contributed by atoms with Crippen molar-refractivity contribution in [3.8, 4) is 0 Å². The maximum Gasteiger partial charge on any atom is 0.148 e. The highest BCUT2D eigenvalue weighted by Gasteiger charge is 2.23. The van der Waals surface area contributed by atoms with Crippen molar-refractivity contribution in [2.45, 2.75) is 51.6 Å². The third-order valence-electron chi connectivity index (χ3n) is 3.21. The summed E-state index contributed by atoms with van der Waals surface area (Å²) in [5.41, 5.74) is 0. The lowest BCUT2D eigenvalue weighted by Crippen LogP contribution is -2.42. The first-order valence-corrected chi connectivity index (χ1v) is 7.88. The van der Waals surface area contributed by atoms with Crippen LogP contribution in [0.2, 0.25) is 0 Å². The highest BCUT2D eigenvalue weighted by molar-refractivity contribution is 7.90. The number of hydrogen-bond donors (Lipinski definition) is 1. The molecule has 90 valence electrons. The third-order valence-corrected chi connectivity index (χ3v) is 4.31. The lowest BCUT2D eigenvalue weighted by Gasteiger charge is -2.24. The van der Waals surface area contributed by atoms with E-state index in [4.69, 9.17) is 0 Å². The maximum atomic E-state index is 11.1. The van der Waals surface area contributed by atoms with E-state index in [2.05, 4.69) is 12.2 Å². The fourth-order valence-electron chi connectivity index (χ4n) is 2.54. The Morgan fingerprint density at radius 2 is 1.80 bits per heavy atom. The Balaban J connectivity index is 2.33. The summed E-state index contributed by atoms with van der Waals surface area (Å²) in [4.78, 5) is 0. The van der Waals surface area contributed by atoms with Crippen molar-refractivity contribution in [1.82, 2.24) is 5.32 Å². The monoisotopic (exact) mass is 233 g/mol. The minimum atomic E-state index is -2.86. The summed E-state index contributed by atoms with van der Waals surface area (Å²) in [5, 5.41) is 3.40. The number of nitrogens with one attached hydrogen (secondary N) is 1. The van der Waals surface area contributed by atoms with Crippen LogP contribution in [0.15, 0.2) is 0 Å². The smallest absolute Gasteiger partial charge is 0.148 e. The molecule has 2 atom stereocenters. The van der Waals surface area contributed by atoms with Gasteiger partial charge in [-0.25, -0.2) is 8.42 Å². The Hall–Kier alpha value is -0.0900. The van der Waals surface area contributed by atoms with E-state index in [0.717, 1.165) is 5.92 Å². The van der Waals surface area contributed by atoms with E-state index in [-0.39, 0.29) is 11.8 Å². The molecule has 0 bridgehead atoms. The Morgan fingerprint density at radius 3 is 2.27 bits per heavy atom. The van der Waals surface area contributed by atoms with Crippen LogP contribution < -0.4 is 5.32 Å². The van der Waals surface area contributed by atoms with Gasteiger partial charge in [-0.15, -0.1) is 0 Å². The normalized spacial score (nSPS) is 22.9. The topological polar surface area (TPSA) is 46.2 Å². The first-order valence-electron chi connectivity index (χ1n) is 5.82. The summed E-state index contributed by atoms with van der Waals surface area (Å²) in [6, 6.07) is 0.514. The van der Waals surface area contributed by atoms with Crippen LogP contribution in [0.5, 0.6) is 0 Å². The molecule has 1 fully saturated rings. The van der Waals surface area contributed by atoms with Gasteiger partial charge in [0.05, 0.1) is 5.75 Å². The van der Waals surface area contributed by atoms with Gasteiger partial charge >= 0.3 is 0 Å². The van der Waals surface area contributed by atoms with Crippen LogP contribution in [0.1, 0.15) is 39.5 Å². The highest BCUT2D eigenvalue weighted by atomic mass is 32.2. The Labute approximate surface area is 93.6 Å². The van der Waals surface area contributed by atoms with Gasteiger partial charge in [0.15, 0.2) is 0 Å². The first kappa shape index (κ1) is 13.0. The average molecular weight is 233 g/mol. The van der Waals surface area contributed by atoms with Crippen molar-refractivity contribution in [3.05, 3.63) is 0 Å². The molecule has 2 unspecified atom stereocenters. The predicted octanol–water partition coefficient (Wildman–Crippen LogP) is 1.59. The molecule has 1 N–H and O–H groups in total. The lowest BCUT2D eigenvalue weighted by molar-refractivity contribution is 0.358. The maximum absolute atomic E-state index is 11.1. The van der Waals surface area contributed by atoms with Gasteiger partial charge in [0.1, 0.15) is 9.84 Å². The Kier molecular flexibility index (Phi) is 4.59. The van der Waals surface area contributed by atoms with Crippen LogP contribution in [0.25, 0.3) is 0 Å². The Bertz CT molecular complexity index is 281. The molecule has 0 aromatic heterocycles. The van der Waals surface area contributed by atoms with Crippen molar-refractivity contribution >= 4 is 9.84 Å². The molecular formula is C11H23NO2S. The zero-order valence-electron chi connectivity index (χ0n) is 9.99. The summed E-state index contributed by atoms with van der Waals surface area (Å²) in [6.45, 7) is 4.13. The zero-order chi connectivity index (χ0) is 11.5. The van der Waals surface area contributed by atoms with Gasteiger partial charge in [0.2, 0.25) is 0 Å². The molecule has 4 heteroatoms. The van der Waals surface area contributed by atoms with Crippen LogP contribution in [0.3, 0.4) is 0 Å². The van der Waals surface area contributed by atoms with E-state index in [9.17, 15) is 8.42 Å². The second-order valence-corrected chi connectivity index (χ2v) is 7.18. The van der Waals surface area contributed by atoms with Gasteiger partial charge in [-0.3, -0.25) is 0 Å². The average Bonchev–Trinajstić information content (AvgIpc) is 2.50. The largest absolute Gasteiger partial charge is 0.310 e. The van der Waals surface area contributed by atoms with Crippen LogP contribution in [0, 0.1) is 5.92 Å². The van der Waals surface area contributed by atoms with Crippen molar-refractivity contribution in [1.29, 1.82) is 0 Å². The summed E-state index contributed by atoms with van der Waals surface area (Å²) in [6.07, 6.45) is 6.54. The fraction of sp³-hybridized carbons (Fsp3) is 1.00. The van der Waals surface area contributed by atoms with Crippen molar-refractivity contribution < 1.29 is 8.42 Å². The van der Waals surface area contributed by atoms with E-state index in [1.807, 2.05) is 6.92 Å². The fourth-order valence-corrected chi connectivity index (χ4v) is 3.55. The van der Waals surface area contributed by atoms with Gasteiger partial charge in [0, 0.05) is 18.3 Å². The molecule has 0 aliphatic heterocycles. The van der Waals surface area contributed by atoms with Gasteiger partial charge in [-0.1, -0.05) is 12.8 Å². The highest BCUT2D eigenvalue weighted by Crippen LogP contribution is 2.27. The van der Waals surface area contributed by atoms with Crippen LogP contribution >= 0.6 is 0 Å². The molecule has 0 aromatic rings. The molecule has 0 aromatic carbocycles. The number of sulfone groups is 1. The van der Waals surface area contributed by atoms with Crippen molar-refractivity contribution in [2.75, 3.05) is 12.0 Å². The standard InChI is InChI=1S/C11H23NO2S/c1-9(8-15(3,13)14)12-10(2)11-6-4-5-7-11/h9-12H,4-8H2,1-3H3. The zero-order valence-corrected chi connectivity index (χ0v) is 10.8. The molecule has 3 nitrogen and oxygen atoms in total. The van der Waals surface area contributed by atoms with Gasteiger partial charge in [-0.05, 0) is 32.6 Å². The Morgan fingerprint density at radius 1 is 1.27 bits per heavy atom. The molecular weight excluding hydrogens is 210 g/mol. The molecule has 1 aliphatic carbocycles. The quantitative estimate of drug-likeness (QED) is 0.784. The molecule has 1 aliphatic rings. The molecule has 0 heterocycles. The second-order valence-electron chi connectivity index (χ2n) is 4.99. The van der Waals surface area contributed by atoms with E-state index < -0.39 is 9.84 Å². The van der Waals surface area contributed by atoms with Crippen molar-refractivity contribution in [3.63, 3.8) is 0 Å². The SMILES string of the molecule is CC(CS(C)(=O)=O)NC(C)C1CCCC1. The molecule has 1 rings (SSSR count). The minimum absolute atomic E-state index is 0.0654. The van der Waals surface area contributed by atoms with Crippen LogP contribution in [-0.4, -0.2) is 32.5 Å². The van der Waals surface area contributed by atoms with E-state index in [0.29, 0.717) is 6.04 Å². The van der Waals surface area contributed by atoms with E-state index >= 15 is 0 Å². The molecule has 0 amide bonds. The molecule has 0 saturated heterocycles. The summed E-state index contributed by atoms with van der Waals surface area (Å²) in [5.74, 6) is 0.983. The van der Waals surface area contributed by atoms with Crippen molar-refractivity contribution in [2.24, 2.45) is 5.92 Å². The predicted molar refractivity (Wildman–Crippen MR) is 63.7 cm³/mol. The third kappa shape index (κ3) is 4.98. The first-order chi connectivity index (χ1) is 6.88. The van der Waals surface area contributed by atoms with Crippen LogP contribution in [0.4, 0.5) is 0 Å². The lowest BCUT2D eigenvalue weighted by atomic mass is 9.99. The number of rotatable bonds is 5. The molecule has 0 spiro atoms. The van der Waals surface area contributed by atoms with Gasteiger partial charge < -0.3 is 5.32 Å². The summed E-state index contributed by atoms with van der Waals surface area (Å²) < 4.78 is 22.2. The van der Waals surface area contributed by atoms with Gasteiger partial charge in [-0.2, -0.15) is 0 Å². The van der Waals surface area contributed by atoms with Crippen LogP contribution in [-0.2, 0) is 9.84 Å². The second kappa shape index (κ2) is 5.30. The molecule has 15 heavy (non-hydrogen) atoms. The summed E-state index contributed by atoms with van der Waals surface area (Å²) >= 11 is 0. The van der Waals surface area contributed by atoms with Gasteiger partial charge in [0.25, 0.3) is 0 Å².